The van der Waals surface area contributed by atoms with Crippen LogP contribution in [0.15, 0.2) is 0 Å². The zero-order valence-electron chi connectivity index (χ0n) is 11.1. The maximum atomic E-state index is 12.3. The highest BCUT2D eigenvalue weighted by Gasteiger charge is 2.40. The van der Waals surface area contributed by atoms with E-state index in [-0.39, 0.29) is 24.3 Å². The number of nitrogens with zero attached hydrogens (tertiary/aromatic N) is 1. The second kappa shape index (κ2) is 5.76. The standard InChI is InChI=1S/C12H21NO5S/c1-9-6-13(7-11(9)12(14)15)19(16,17)8-10-4-2-3-5-18-10/h9-11H,2-8H2,1H3,(H,14,15)/t9-,10?,11-/m1/s1. The van der Waals surface area contributed by atoms with Crippen LogP contribution in [0.1, 0.15) is 26.2 Å². The van der Waals surface area contributed by atoms with Crippen LogP contribution in [0, 0.1) is 11.8 Å². The summed E-state index contributed by atoms with van der Waals surface area (Å²) in [5, 5.41) is 9.04. The maximum absolute atomic E-state index is 12.3. The van der Waals surface area contributed by atoms with E-state index in [9.17, 15) is 13.2 Å². The number of ether oxygens (including phenoxy) is 1. The van der Waals surface area contributed by atoms with Crippen LogP contribution >= 0.6 is 0 Å². The fraction of sp³-hybridized carbons (Fsp3) is 0.917. The van der Waals surface area contributed by atoms with Crippen LogP contribution in [0.2, 0.25) is 0 Å². The van der Waals surface area contributed by atoms with E-state index in [0.717, 1.165) is 19.3 Å². The number of sulfonamides is 1. The summed E-state index contributed by atoms with van der Waals surface area (Å²) in [5.41, 5.74) is 0. The van der Waals surface area contributed by atoms with Crippen molar-refractivity contribution in [2.75, 3.05) is 25.4 Å². The molecule has 2 saturated heterocycles. The third-order valence-corrected chi connectivity index (χ3v) is 5.84. The molecule has 0 aliphatic carbocycles. The molecule has 7 heteroatoms. The number of carboxylic acids is 1. The van der Waals surface area contributed by atoms with Crippen molar-refractivity contribution in [3.8, 4) is 0 Å². The number of carbonyl (C=O) groups is 1. The molecule has 2 heterocycles. The summed E-state index contributed by atoms with van der Waals surface area (Å²) in [4.78, 5) is 11.0. The highest BCUT2D eigenvalue weighted by Crippen LogP contribution is 2.27. The summed E-state index contributed by atoms with van der Waals surface area (Å²) in [6, 6.07) is 0. The molecular formula is C12H21NO5S. The smallest absolute Gasteiger partial charge is 0.308 e. The Bertz CT molecular complexity index is 429. The molecule has 1 N–H and O–H groups in total. The van der Waals surface area contributed by atoms with Crippen LogP contribution in [-0.2, 0) is 19.6 Å². The third-order valence-electron chi connectivity index (χ3n) is 3.96. The Morgan fingerprint density at radius 1 is 1.37 bits per heavy atom. The van der Waals surface area contributed by atoms with Gasteiger partial charge in [-0.15, -0.1) is 0 Å². The van der Waals surface area contributed by atoms with Crippen LogP contribution in [0.25, 0.3) is 0 Å². The number of hydrogen-bond acceptors (Lipinski definition) is 4. The molecule has 2 rings (SSSR count). The molecular weight excluding hydrogens is 270 g/mol. The van der Waals surface area contributed by atoms with Crippen molar-refractivity contribution >= 4 is 16.0 Å². The van der Waals surface area contributed by atoms with E-state index in [0.29, 0.717) is 13.2 Å². The molecule has 2 aliphatic heterocycles. The Morgan fingerprint density at radius 2 is 2.11 bits per heavy atom. The van der Waals surface area contributed by atoms with E-state index in [4.69, 9.17) is 9.84 Å². The molecule has 110 valence electrons. The molecule has 0 aromatic rings. The number of hydrogen-bond donors (Lipinski definition) is 1. The van der Waals surface area contributed by atoms with E-state index in [2.05, 4.69) is 0 Å². The normalized spacial score (nSPS) is 33.4. The van der Waals surface area contributed by atoms with Gasteiger partial charge in [-0.3, -0.25) is 4.79 Å². The molecule has 0 spiro atoms. The monoisotopic (exact) mass is 291 g/mol. The Labute approximate surface area is 113 Å². The molecule has 0 radical (unpaired) electrons. The summed E-state index contributed by atoms with van der Waals surface area (Å²) < 4.78 is 31.3. The predicted octanol–water partition coefficient (Wildman–Crippen LogP) is 0.538. The van der Waals surface area contributed by atoms with Crippen molar-refractivity contribution in [2.45, 2.75) is 32.3 Å². The largest absolute Gasteiger partial charge is 0.481 e. The Kier molecular flexibility index (Phi) is 4.47. The number of carboxylic acid groups (broad SMARTS) is 1. The van der Waals surface area contributed by atoms with Gasteiger partial charge in [-0.25, -0.2) is 12.7 Å². The van der Waals surface area contributed by atoms with Gasteiger partial charge in [-0.2, -0.15) is 0 Å². The first kappa shape index (κ1) is 14.7. The summed E-state index contributed by atoms with van der Waals surface area (Å²) >= 11 is 0. The van der Waals surface area contributed by atoms with E-state index in [1.807, 2.05) is 0 Å². The quantitative estimate of drug-likeness (QED) is 0.817. The minimum atomic E-state index is -3.41. The van der Waals surface area contributed by atoms with Gasteiger partial charge in [0.2, 0.25) is 10.0 Å². The van der Waals surface area contributed by atoms with Gasteiger partial charge in [0, 0.05) is 19.7 Å². The van der Waals surface area contributed by atoms with Gasteiger partial charge in [0.15, 0.2) is 0 Å². The zero-order chi connectivity index (χ0) is 14.0. The number of rotatable bonds is 4. The molecule has 2 fully saturated rings. The summed E-state index contributed by atoms with van der Waals surface area (Å²) in [7, 11) is -3.41. The van der Waals surface area contributed by atoms with Crippen molar-refractivity contribution in [3.63, 3.8) is 0 Å². The molecule has 19 heavy (non-hydrogen) atoms. The lowest BCUT2D eigenvalue weighted by Crippen LogP contribution is -2.37. The van der Waals surface area contributed by atoms with Gasteiger partial charge in [0.25, 0.3) is 0 Å². The first-order valence-corrected chi connectivity index (χ1v) is 8.33. The molecule has 0 bridgehead atoms. The zero-order valence-corrected chi connectivity index (χ0v) is 11.9. The molecule has 0 saturated carbocycles. The maximum Gasteiger partial charge on any atom is 0.308 e. The molecule has 6 nitrogen and oxygen atoms in total. The molecule has 0 aromatic carbocycles. The average Bonchev–Trinajstić information content (AvgIpc) is 2.73. The molecule has 3 atom stereocenters. The number of aliphatic carboxylic acids is 1. The van der Waals surface area contributed by atoms with Crippen LogP contribution in [0.4, 0.5) is 0 Å². The first-order chi connectivity index (χ1) is 8.90. The van der Waals surface area contributed by atoms with Gasteiger partial charge in [-0.1, -0.05) is 6.92 Å². The third kappa shape index (κ3) is 3.46. The molecule has 0 amide bonds. The van der Waals surface area contributed by atoms with E-state index < -0.39 is 21.9 Å². The van der Waals surface area contributed by atoms with Crippen LogP contribution in [0.3, 0.4) is 0 Å². The lowest BCUT2D eigenvalue weighted by Gasteiger charge is -2.25. The van der Waals surface area contributed by atoms with Gasteiger partial charge in [-0.05, 0) is 25.2 Å². The minimum Gasteiger partial charge on any atom is -0.481 e. The van der Waals surface area contributed by atoms with Gasteiger partial charge < -0.3 is 9.84 Å². The molecule has 0 aromatic heterocycles. The average molecular weight is 291 g/mol. The van der Waals surface area contributed by atoms with E-state index in [1.165, 1.54) is 4.31 Å². The Morgan fingerprint density at radius 3 is 2.63 bits per heavy atom. The Balaban J connectivity index is 1.98. The second-order valence-corrected chi connectivity index (χ2v) is 7.52. The fourth-order valence-corrected chi connectivity index (χ4v) is 4.54. The summed E-state index contributed by atoms with van der Waals surface area (Å²) in [6.45, 7) is 2.79. The van der Waals surface area contributed by atoms with Crippen LogP contribution < -0.4 is 0 Å². The molecule has 2 aliphatic rings. The van der Waals surface area contributed by atoms with Crippen LogP contribution in [-0.4, -0.2) is 55.4 Å². The fourth-order valence-electron chi connectivity index (χ4n) is 2.75. The van der Waals surface area contributed by atoms with Crippen molar-refractivity contribution in [1.82, 2.24) is 4.31 Å². The van der Waals surface area contributed by atoms with Crippen molar-refractivity contribution in [2.24, 2.45) is 11.8 Å². The minimum absolute atomic E-state index is 0.0218. The summed E-state index contributed by atoms with van der Waals surface area (Å²) in [5.74, 6) is -1.67. The lowest BCUT2D eigenvalue weighted by atomic mass is 9.99. The van der Waals surface area contributed by atoms with E-state index >= 15 is 0 Å². The van der Waals surface area contributed by atoms with Gasteiger partial charge in [0.05, 0.1) is 17.8 Å². The summed E-state index contributed by atoms with van der Waals surface area (Å²) in [6.07, 6.45) is 2.51. The second-order valence-electron chi connectivity index (χ2n) is 5.51. The Hall–Kier alpha value is -0.660. The SMILES string of the molecule is C[C@@H]1CN(S(=O)(=O)CC2CCCCO2)C[C@H]1C(=O)O. The van der Waals surface area contributed by atoms with E-state index in [1.54, 1.807) is 6.92 Å². The predicted molar refractivity (Wildman–Crippen MR) is 69.2 cm³/mol. The highest BCUT2D eigenvalue weighted by molar-refractivity contribution is 7.89. The van der Waals surface area contributed by atoms with Crippen LogP contribution in [0.5, 0.6) is 0 Å². The molecule has 1 unspecified atom stereocenters. The van der Waals surface area contributed by atoms with Gasteiger partial charge >= 0.3 is 5.97 Å². The van der Waals surface area contributed by atoms with Gasteiger partial charge in [0.1, 0.15) is 0 Å². The lowest BCUT2D eigenvalue weighted by molar-refractivity contribution is -0.142. The topological polar surface area (TPSA) is 83.9 Å². The van der Waals surface area contributed by atoms with Crippen molar-refractivity contribution < 1.29 is 23.1 Å². The highest BCUT2D eigenvalue weighted by atomic mass is 32.2. The van der Waals surface area contributed by atoms with Crippen molar-refractivity contribution in [3.05, 3.63) is 0 Å². The van der Waals surface area contributed by atoms with Crippen molar-refractivity contribution in [1.29, 1.82) is 0 Å². The first-order valence-electron chi connectivity index (χ1n) is 6.72.